The quantitative estimate of drug-likeness (QED) is 0.812. The number of nitrogens with zero attached hydrogens (tertiary/aromatic N) is 1. The number of benzene rings is 1. The van der Waals surface area contributed by atoms with Crippen LogP contribution >= 0.6 is 0 Å². The second kappa shape index (κ2) is 8.32. The molecule has 1 aromatic heterocycles. The van der Waals surface area contributed by atoms with Crippen LogP contribution < -0.4 is 5.32 Å². The summed E-state index contributed by atoms with van der Waals surface area (Å²) in [7, 11) is 0. The molecule has 1 aromatic carbocycles. The molecule has 1 aliphatic rings. The zero-order valence-electron chi connectivity index (χ0n) is 14.6. The largest absolute Gasteiger partial charge is 0.467 e. The van der Waals surface area contributed by atoms with Gasteiger partial charge in [0.05, 0.1) is 12.8 Å². The van der Waals surface area contributed by atoms with E-state index in [0.717, 1.165) is 24.9 Å². The molecule has 5 nitrogen and oxygen atoms in total. The lowest BCUT2D eigenvalue weighted by Gasteiger charge is -2.25. The molecule has 25 heavy (non-hydrogen) atoms. The van der Waals surface area contributed by atoms with Crippen LogP contribution in [0.25, 0.3) is 0 Å². The predicted octanol–water partition coefficient (Wildman–Crippen LogP) is 2.79. The topological polar surface area (TPSA) is 65.7 Å². The first-order valence-corrected chi connectivity index (χ1v) is 8.89. The highest BCUT2D eigenvalue weighted by Gasteiger charge is 2.29. The highest BCUT2D eigenvalue weighted by Crippen LogP contribution is 2.27. The average molecular weight is 342 g/mol. The summed E-state index contributed by atoms with van der Waals surface area (Å²) >= 11 is 0. The lowest BCUT2D eigenvalue weighted by Crippen LogP contribution is -2.40. The molecule has 0 radical (unpaired) electrons. The number of likely N-dealkylation sites (tertiary alicyclic amines) is 1. The van der Waals surface area contributed by atoms with E-state index in [4.69, 9.17) is 4.42 Å². The normalized spacial score (nSPS) is 19.0. The van der Waals surface area contributed by atoms with Gasteiger partial charge < -0.3 is 14.8 Å². The molecule has 1 saturated heterocycles. The van der Waals surface area contributed by atoms with Gasteiger partial charge in [-0.05, 0) is 50.4 Å². The lowest BCUT2D eigenvalue weighted by molar-refractivity contribution is -0.122. The number of hydrogen-bond acceptors (Lipinski definition) is 4. The van der Waals surface area contributed by atoms with Crippen molar-refractivity contribution >= 4 is 5.91 Å². The van der Waals surface area contributed by atoms with Gasteiger partial charge in [0.2, 0.25) is 5.91 Å². The first kappa shape index (κ1) is 17.7. The smallest absolute Gasteiger partial charge is 0.234 e. The van der Waals surface area contributed by atoms with E-state index in [-0.39, 0.29) is 11.9 Å². The Kier molecular flexibility index (Phi) is 5.89. The second-order valence-corrected chi connectivity index (χ2v) is 6.80. The molecule has 2 atom stereocenters. The van der Waals surface area contributed by atoms with Crippen molar-refractivity contribution in [3.8, 4) is 0 Å². The van der Waals surface area contributed by atoms with Crippen LogP contribution in [-0.2, 0) is 11.3 Å². The molecule has 3 rings (SSSR count). The van der Waals surface area contributed by atoms with Crippen LogP contribution in [0.5, 0.6) is 0 Å². The maximum Gasteiger partial charge on any atom is 0.234 e. The number of hydrogen-bond donors (Lipinski definition) is 2. The molecule has 0 saturated carbocycles. The van der Waals surface area contributed by atoms with Crippen molar-refractivity contribution in [3.63, 3.8) is 0 Å². The van der Waals surface area contributed by atoms with Crippen molar-refractivity contribution in [3.05, 3.63) is 59.5 Å². The van der Waals surface area contributed by atoms with Gasteiger partial charge in [0.1, 0.15) is 11.9 Å². The fourth-order valence-electron chi connectivity index (χ4n) is 3.37. The Morgan fingerprint density at radius 3 is 2.88 bits per heavy atom. The van der Waals surface area contributed by atoms with E-state index in [9.17, 15) is 9.90 Å². The van der Waals surface area contributed by atoms with Crippen molar-refractivity contribution in [2.75, 3.05) is 13.1 Å². The number of rotatable bonds is 7. The van der Waals surface area contributed by atoms with E-state index < -0.39 is 6.10 Å². The number of furan rings is 1. The SMILES string of the molecule is Cc1ccc(CNC(=O)CN2CCCC2CC(O)c2ccco2)cc1. The van der Waals surface area contributed by atoms with Gasteiger partial charge in [-0.25, -0.2) is 0 Å². The van der Waals surface area contributed by atoms with E-state index in [1.165, 1.54) is 5.56 Å². The van der Waals surface area contributed by atoms with E-state index in [0.29, 0.717) is 25.3 Å². The van der Waals surface area contributed by atoms with Crippen LogP contribution in [0, 0.1) is 6.92 Å². The lowest BCUT2D eigenvalue weighted by atomic mass is 10.1. The Morgan fingerprint density at radius 1 is 1.36 bits per heavy atom. The van der Waals surface area contributed by atoms with Gasteiger partial charge in [0.25, 0.3) is 0 Å². The van der Waals surface area contributed by atoms with Gasteiger partial charge in [0, 0.05) is 12.6 Å². The standard InChI is InChI=1S/C20H26N2O3/c1-15-6-8-16(9-7-15)13-21-20(24)14-22-10-2-4-17(22)12-18(23)19-5-3-11-25-19/h3,5-9,11,17-18,23H,2,4,10,12-14H2,1H3,(H,21,24). The molecule has 1 fully saturated rings. The minimum Gasteiger partial charge on any atom is -0.467 e. The Hall–Kier alpha value is -2.11. The molecule has 0 bridgehead atoms. The van der Waals surface area contributed by atoms with Crippen LogP contribution in [0.4, 0.5) is 0 Å². The molecule has 0 aliphatic carbocycles. The van der Waals surface area contributed by atoms with Crippen LogP contribution in [0.1, 0.15) is 42.3 Å². The monoisotopic (exact) mass is 342 g/mol. The number of amides is 1. The number of aryl methyl sites for hydroxylation is 1. The third-order valence-corrected chi connectivity index (χ3v) is 4.82. The summed E-state index contributed by atoms with van der Waals surface area (Å²) in [5.41, 5.74) is 2.32. The van der Waals surface area contributed by atoms with Gasteiger partial charge in [-0.1, -0.05) is 29.8 Å². The molecular weight excluding hydrogens is 316 g/mol. The van der Waals surface area contributed by atoms with Crippen molar-refractivity contribution in [2.24, 2.45) is 0 Å². The van der Waals surface area contributed by atoms with E-state index >= 15 is 0 Å². The van der Waals surface area contributed by atoms with E-state index in [2.05, 4.69) is 10.2 Å². The summed E-state index contributed by atoms with van der Waals surface area (Å²) in [6.07, 6.45) is 3.61. The summed E-state index contributed by atoms with van der Waals surface area (Å²) in [5, 5.41) is 13.3. The van der Waals surface area contributed by atoms with Crippen molar-refractivity contribution in [1.29, 1.82) is 0 Å². The van der Waals surface area contributed by atoms with Crippen LogP contribution in [0.15, 0.2) is 47.1 Å². The van der Waals surface area contributed by atoms with Gasteiger partial charge in [-0.3, -0.25) is 9.69 Å². The molecule has 2 N–H and O–H groups in total. The van der Waals surface area contributed by atoms with Crippen LogP contribution in [0.2, 0.25) is 0 Å². The molecular formula is C20H26N2O3. The minimum atomic E-state index is -0.615. The number of carbonyl (C=O) groups excluding carboxylic acids is 1. The Bertz CT molecular complexity index is 667. The molecule has 0 spiro atoms. The molecule has 2 unspecified atom stereocenters. The third kappa shape index (κ3) is 4.94. The Balaban J connectivity index is 1.47. The molecule has 134 valence electrons. The first-order chi connectivity index (χ1) is 12.1. The van der Waals surface area contributed by atoms with Crippen molar-refractivity contribution in [2.45, 2.75) is 44.9 Å². The number of aliphatic hydroxyl groups excluding tert-OH is 1. The second-order valence-electron chi connectivity index (χ2n) is 6.80. The van der Waals surface area contributed by atoms with Gasteiger partial charge in [-0.15, -0.1) is 0 Å². The molecule has 2 heterocycles. The molecule has 1 aliphatic heterocycles. The number of aliphatic hydroxyl groups is 1. The molecule has 1 amide bonds. The highest BCUT2D eigenvalue weighted by atomic mass is 16.4. The maximum absolute atomic E-state index is 12.3. The van der Waals surface area contributed by atoms with Crippen molar-refractivity contribution < 1.29 is 14.3 Å². The Morgan fingerprint density at radius 2 is 2.16 bits per heavy atom. The molecule has 5 heteroatoms. The first-order valence-electron chi connectivity index (χ1n) is 8.89. The molecule has 2 aromatic rings. The Labute approximate surface area is 148 Å². The average Bonchev–Trinajstić information content (AvgIpc) is 3.27. The summed E-state index contributed by atoms with van der Waals surface area (Å²) < 4.78 is 5.27. The van der Waals surface area contributed by atoms with Gasteiger partial charge >= 0.3 is 0 Å². The van der Waals surface area contributed by atoms with E-state index in [1.54, 1.807) is 18.4 Å². The zero-order valence-corrected chi connectivity index (χ0v) is 14.6. The fraction of sp³-hybridized carbons (Fsp3) is 0.450. The third-order valence-electron chi connectivity index (χ3n) is 4.82. The summed E-state index contributed by atoms with van der Waals surface area (Å²) in [5.74, 6) is 0.621. The zero-order chi connectivity index (χ0) is 17.6. The highest BCUT2D eigenvalue weighted by molar-refractivity contribution is 5.78. The van der Waals surface area contributed by atoms with Crippen LogP contribution in [0.3, 0.4) is 0 Å². The number of carbonyl (C=O) groups is 1. The minimum absolute atomic E-state index is 0.0277. The number of nitrogens with one attached hydrogen (secondary N) is 1. The maximum atomic E-state index is 12.3. The predicted molar refractivity (Wildman–Crippen MR) is 95.9 cm³/mol. The van der Waals surface area contributed by atoms with E-state index in [1.807, 2.05) is 31.2 Å². The fourth-order valence-corrected chi connectivity index (χ4v) is 3.37. The summed E-state index contributed by atoms with van der Waals surface area (Å²) in [6, 6.07) is 12.0. The van der Waals surface area contributed by atoms with Crippen molar-refractivity contribution in [1.82, 2.24) is 10.2 Å². The summed E-state index contributed by atoms with van der Waals surface area (Å²) in [6.45, 7) is 3.87. The summed E-state index contributed by atoms with van der Waals surface area (Å²) in [4.78, 5) is 14.4. The van der Waals surface area contributed by atoms with Gasteiger partial charge in [-0.2, -0.15) is 0 Å². The van der Waals surface area contributed by atoms with Crippen LogP contribution in [-0.4, -0.2) is 35.0 Å². The van der Waals surface area contributed by atoms with Gasteiger partial charge in [0.15, 0.2) is 0 Å².